The van der Waals surface area contributed by atoms with E-state index in [1.807, 2.05) is 13.8 Å². The Kier molecular flexibility index (Phi) is 20.6. The topological polar surface area (TPSA) is 133 Å². The molecular weight excluding hydrogens is 448 g/mol. The van der Waals surface area contributed by atoms with E-state index >= 15 is 0 Å². The molecule has 0 N–H and O–H groups in total. The van der Waals surface area contributed by atoms with Crippen LogP contribution in [0.2, 0.25) is 39.3 Å². The number of aliphatic carboxylic acids is 2. The Hall–Kier alpha value is -0.652. The van der Waals surface area contributed by atoms with Crippen molar-refractivity contribution in [3.63, 3.8) is 0 Å². The van der Waals surface area contributed by atoms with E-state index in [0.717, 1.165) is 0 Å². The molecule has 0 rings (SSSR count). The number of Topliss-reactive ketones (excluding diaryl/α,β-unsaturated/α-hetero) is 2. The molecule has 8 nitrogen and oxygen atoms in total. The van der Waals surface area contributed by atoms with E-state index in [1.54, 1.807) is 0 Å². The van der Waals surface area contributed by atoms with Gasteiger partial charge in [-0.2, -0.15) is 0 Å². The number of carbonyl (C=O) groups is 4. The first-order valence-electron chi connectivity index (χ1n) is 9.58. The molecule has 0 aromatic rings. The van der Waals surface area contributed by atoms with Crippen LogP contribution in [-0.2, 0) is 45.1 Å². The molecule has 0 aliphatic heterocycles. The second-order valence-corrected chi connectivity index (χ2v) is 19.2. The quantitative estimate of drug-likeness (QED) is 0.301. The van der Waals surface area contributed by atoms with Crippen LogP contribution in [0.1, 0.15) is 52.4 Å². The summed E-state index contributed by atoms with van der Waals surface area (Å²) in [5.41, 5.74) is 0. The molecule has 0 aromatic heterocycles. The Morgan fingerprint density at radius 2 is 0.966 bits per heavy atom. The van der Waals surface area contributed by atoms with Crippen molar-refractivity contribution in [1.82, 2.24) is 0 Å². The molecule has 0 heterocycles. The molecule has 0 unspecified atom stereocenters. The average Bonchev–Trinajstić information content (AvgIpc) is 2.44. The Labute approximate surface area is 186 Å². The predicted octanol–water partition coefficient (Wildman–Crippen LogP) is 1.59. The van der Waals surface area contributed by atoms with Crippen molar-refractivity contribution in [2.24, 2.45) is 0 Å². The van der Waals surface area contributed by atoms with Crippen LogP contribution in [0.4, 0.5) is 0 Å². The van der Waals surface area contributed by atoms with E-state index in [1.165, 1.54) is 0 Å². The number of carboxylic acids is 2. The minimum absolute atomic E-state index is 0.252. The first kappa shape index (κ1) is 33.0. The van der Waals surface area contributed by atoms with Gasteiger partial charge in [-0.25, -0.2) is 0 Å². The maximum absolute atomic E-state index is 10.4. The molecule has 0 spiro atoms. The van der Waals surface area contributed by atoms with Crippen LogP contribution in [0.15, 0.2) is 0 Å². The first-order valence-corrected chi connectivity index (χ1v) is 17.7. The van der Waals surface area contributed by atoms with Gasteiger partial charge in [0.05, 0.1) is 0 Å². The molecule has 0 radical (unpaired) electrons. The molecule has 29 heavy (non-hydrogen) atoms. The Bertz CT molecular complexity index is 455. The molecule has 0 bridgehead atoms. The Morgan fingerprint density at radius 3 is 1.14 bits per heavy atom. The summed E-state index contributed by atoms with van der Waals surface area (Å²) in [5.74, 6) is -3.07. The molecule has 0 saturated heterocycles. The zero-order valence-corrected chi connectivity index (χ0v) is 22.6. The van der Waals surface area contributed by atoms with Crippen LogP contribution >= 0.6 is 0 Å². The van der Waals surface area contributed by atoms with Crippen molar-refractivity contribution in [3.8, 4) is 0 Å². The number of hydrogen-bond donors (Lipinski definition) is 0. The summed E-state index contributed by atoms with van der Waals surface area (Å²) >= 11 is -0.557. The fourth-order valence-corrected chi connectivity index (χ4v) is 4.92. The van der Waals surface area contributed by atoms with Gasteiger partial charge in [0.25, 0.3) is 0 Å². The van der Waals surface area contributed by atoms with E-state index in [0.29, 0.717) is 25.7 Å². The third-order valence-electron chi connectivity index (χ3n) is 2.44. The van der Waals surface area contributed by atoms with Crippen LogP contribution in [0.5, 0.6) is 0 Å². The van der Waals surface area contributed by atoms with Crippen molar-refractivity contribution in [2.75, 3.05) is 0 Å². The first-order chi connectivity index (χ1) is 13.0. The van der Waals surface area contributed by atoms with Crippen molar-refractivity contribution in [1.29, 1.82) is 0 Å². The van der Waals surface area contributed by atoms with Gasteiger partial charge in [-0.05, 0) is 12.8 Å². The SMILES string of the molecule is CCCC(=O)CC(=O)[O-].CCCC(=O)CC(=O)[O-].C[Si](C)(C)[O][Ti+2][O][Si](C)(C)C. The molecule has 0 amide bonds. The van der Waals surface area contributed by atoms with Gasteiger partial charge in [-0.1, -0.05) is 13.8 Å². The van der Waals surface area contributed by atoms with E-state index in [9.17, 15) is 29.4 Å². The number of carboxylic acid groups (broad SMARTS) is 2. The second kappa shape index (κ2) is 18.1. The van der Waals surface area contributed by atoms with Crippen LogP contribution in [-0.4, -0.2) is 40.1 Å². The second-order valence-electron chi connectivity index (χ2n) is 8.19. The Balaban J connectivity index is -0.000000352. The van der Waals surface area contributed by atoms with Crippen LogP contribution < -0.4 is 10.2 Å². The number of hydrogen-bond acceptors (Lipinski definition) is 8. The zero-order valence-electron chi connectivity index (χ0n) is 19.0. The third kappa shape index (κ3) is 38.6. The van der Waals surface area contributed by atoms with E-state index in [2.05, 4.69) is 39.3 Å². The normalized spacial score (nSPS) is 10.5. The fourth-order valence-electron chi connectivity index (χ4n) is 1.33. The van der Waals surface area contributed by atoms with Crippen molar-refractivity contribution in [3.05, 3.63) is 0 Å². The van der Waals surface area contributed by atoms with Crippen LogP contribution in [0.25, 0.3) is 0 Å². The molecule has 0 saturated carbocycles. The van der Waals surface area contributed by atoms with Gasteiger partial charge in [0, 0.05) is 37.6 Å². The van der Waals surface area contributed by atoms with Gasteiger partial charge in [-0.3, -0.25) is 9.59 Å². The Morgan fingerprint density at radius 1 is 0.690 bits per heavy atom. The molecule has 0 aromatic carbocycles. The third-order valence-corrected chi connectivity index (χ3v) is 10.3. The van der Waals surface area contributed by atoms with Gasteiger partial charge in [-0.15, -0.1) is 0 Å². The molecule has 0 fully saturated rings. The van der Waals surface area contributed by atoms with Gasteiger partial charge >= 0.3 is 81.9 Å². The van der Waals surface area contributed by atoms with Gasteiger partial charge in [0.15, 0.2) is 0 Å². The fraction of sp³-hybridized carbons (Fsp3) is 0.778. The molecule has 168 valence electrons. The molecule has 0 atom stereocenters. The van der Waals surface area contributed by atoms with E-state index < -0.39 is 61.3 Å². The number of rotatable bonds is 12. The maximum atomic E-state index is 10.4. The molecular formula is C18H36O8Si2Ti. The zero-order chi connectivity index (χ0) is 23.7. The standard InChI is InChI=1S/2C6H10O3.2C3H9OSi.Ti/c2*1-2-3-5(7)4-6(8)9;2*1-5(2,3)4;/h2*2-4H2,1H3,(H,8,9);2*1-3H3;/q;;2*-1;+4/p-2. The minimum atomic E-state index is -1.30. The summed E-state index contributed by atoms with van der Waals surface area (Å²) in [5, 5.41) is 19.5. The summed E-state index contributed by atoms with van der Waals surface area (Å²) < 4.78 is 11.4. The van der Waals surface area contributed by atoms with Crippen molar-refractivity contribution >= 4 is 40.1 Å². The van der Waals surface area contributed by atoms with Crippen LogP contribution in [0, 0.1) is 0 Å². The van der Waals surface area contributed by atoms with Gasteiger partial charge < -0.3 is 19.8 Å². The average molecular weight is 485 g/mol. The number of carbonyl (C=O) groups excluding carboxylic acids is 4. The monoisotopic (exact) mass is 484 g/mol. The summed E-state index contributed by atoms with van der Waals surface area (Å²) in [6, 6.07) is 0. The van der Waals surface area contributed by atoms with Gasteiger partial charge in [0.1, 0.15) is 11.6 Å². The molecule has 11 heteroatoms. The van der Waals surface area contributed by atoms with E-state index in [-0.39, 0.29) is 11.6 Å². The molecule has 0 aliphatic rings. The van der Waals surface area contributed by atoms with E-state index in [4.69, 9.17) is 6.02 Å². The predicted molar refractivity (Wildman–Crippen MR) is 108 cm³/mol. The van der Waals surface area contributed by atoms with Crippen LogP contribution in [0.3, 0.4) is 0 Å². The van der Waals surface area contributed by atoms with Gasteiger partial charge in [0.2, 0.25) is 0 Å². The van der Waals surface area contributed by atoms with Crippen molar-refractivity contribution in [2.45, 2.75) is 91.7 Å². The number of ketones is 2. The molecule has 0 aliphatic carbocycles. The summed E-state index contributed by atoms with van der Waals surface area (Å²) in [4.78, 5) is 40.4. The van der Waals surface area contributed by atoms with Crippen molar-refractivity contribution < 1.29 is 55.3 Å². The summed E-state index contributed by atoms with van der Waals surface area (Å²) in [7, 11) is -2.61. The summed E-state index contributed by atoms with van der Waals surface area (Å²) in [6.07, 6.45) is 1.21. The summed E-state index contributed by atoms with van der Waals surface area (Å²) in [6.45, 7) is 16.8.